The standard InChI is InChI=1S/C17H27NO3/c1-5-6-18-15(11-17-20-7-8-21-17)14-9-13(3)16(19-4)10-12(14)2/h9-10,15,17-18H,5-8,11H2,1-4H3. The SMILES string of the molecule is CCCNC(CC1OCCO1)c1cc(C)c(OC)cc1C. The zero-order valence-electron chi connectivity index (χ0n) is 13.6. The van der Waals surface area contributed by atoms with Gasteiger partial charge in [-0.3, -0.25) is 0 Å². The first-order chi connectivity index (χ1) is 10.2. The third kappa shape index (κ3) is 4.19. The summed E-state index contributed by atoms with van der Waals surface area (Å²) < 4.78 is 16.6. The van der Waals surface area contributed by atoms with E-state index in [1.54, 1.807) is 7.11 Å². The fourth-order valence-corrected chi connectivity index (χ4v) is 2.78. The summed E-state index contributed by atoms with van der Waals surface area (Å²) in [7, 11) is 1.72. The van der Waals surface area contributed by atoms with Gasteiger partial charge in [0.05, 0.1) is 20.3 Å². The average Bonchev–Trinajstić information content (AvgIpc) is 2.98. The molecule has 118 valence electrons. The van der Waals surface area contributed by atoms with E-state index in [1.165, 1.54) is 11.1 Å². The fraction of sp³-hybridized carbons (Fsp3) is 0.647. The monoisotopic (exact) mass is 293 g/mol. The van der Waals surface area contributed by atoms with Crippen LogP contribution in [-0.4, -0.2) is 33.2 Å². The molecule has 1 N–H and O–H groups in total. The van der Waals surface area contributed by atoms with E-state index in [9.17, 15) is 0 Å². The van der Waals surface area contributed by atoms with Crippen LogP contribution < -0.4 is 10.1 Å². The number of rotatable bonds is 7. The fourth-order valence-electron chi connectivity index (χ4n) is 2.78. The molecule has 1 aliphatic rings. The van der Waals surface area contributed by atoms with Crippen molar-refractivity contribution in [2.45, 2.75) is 45.9 Å². The van der Waals surface area contributed by atoms with Gasteiger partial charge >= 0.3 is 0 Å². The first-order valence-electron chi connectivity index (χ1n) is 7.77. The topological polar surface area (TPSA) is 39.7 Å². The lowest BCUT2D eigenvalue weighted by atomic mass is 9.95. The summed E-state index contributed by atoms with van der Waals surface area (Å²) in [4.78, 5) is 0. The van der Waals surface area contributed by atoms with Crippen LogP contribution in [0.4, 0.5) is 0 Å². The minimum Gasteiger partial charge on any atom is -0.496 e. The molecule has 4 nitrogen and oxygen atoms in total. The first-order valence-corrected chi connectivity index (χ1v) is 7.77. The van der Waals surface area contributed by atoms with E-state index in [2.05, 4.69) is 38.2 Å². The van der Waals surface area contributed by atoms with Crippen LogP contribution in [0.1, 0.15) is 42.5 Å². The van der Waals surface area contributed by atoms with Crippen LogP contribution in [0.5, 0.6) is 5.75 Å². The molecule has 1 unspecified atom stereocenters. The van der Waals surface area contributed by atoms with Gasteiger partial charge in [0, 0.05) is 12.5 Å². The van der Waals surface area contributed by atoms with Gasteiger partial charge < -0.3 is 19.5 Å². The molecule has 1 aromatic carbocycles. The number of ether oxygens (including phenoxy) is 3. The van der Waals surface area contributed by atoms with E-state index >= 15 is 0 Å². The number of benzene rings is 1. The number of aryl methyl sites for hydroxylation is 2. The molecule has 0 amide bonds. The summed E-state index contributed by atoms with van der Waals surface area (Å²) in [5, 5.41) is 3.62. The molecule has 4 heteroatoms. The molecular formula is C17H27NO3. The lowest BCUT2D eigenvalue weighted by Gasteiger charge is -2.24. The Hall–Kier alpha value is -1.10. The quantitative estimate of drug-likeness (QED) is 0.838. The van der Waals surface area contributed by atoms with Crippen molar-refractivity contribution in [3.8, 4) is 5.75 Å². The van der Waals surface area contributed by atoms with Crippen molar-refractivity contribution in [1.29, 1.82) is 0 Å². The summed E-state index contributed by atoms with van der Waals surface area (Å²) in [5.74, 6) is 0.943. The summed E-state index contributed by atoms with van der Waals surface area (Å²) in [6.07, 6.45) is 1.85. The van der Waals surface area contributed by atoms with Crippen LogP contribution in [0.25, 0.3) is 0 Å². The normalized spacial score (nSPS) is 17.1. The molecule has 1 aromatic rings. The van der Waals surface area contributed by atoms with Crippen molar-refractivity contribution in [2.75, 3.05) is 26.9 Å². The molecule has 0 bridgehead atoms. The van der Waals surface area contributed by atoms with E-state index in [-0.39, 0.29) is 12.3 Å². The predicted molar refractivity (Wildman–Crippen MR) is 83.8 cm³/mol. The van der Waals surface area contributed by atoms with E-state index in [1.807, 2.05) is 0 Å². The van der Waals surface area contributed by atoms with Gasteiger partial charge in [0.15, 0.2) is 6.29 Å². The lowest BCUT2D eigenvalue weighted by molar-refractivity contribution is -0.0530. The van der Waals surface area contributed by atoms with Gasteiger partial charge in [0.2, 0.25) is 0 Å². The molecule has 1 atom stereocenters. The molecule has 21 heavy (non-hydrogen) atoms. The third-order valence-corrected chi connectivity index (χ3v) is 3.92. The van der Waals surface area contributed by atoms with Crippen molar-refractivity contribution in [2.24, 2.45) is 0 Å². The maximum absolute atomic E-state index is 5.61. The van der Waals surface area contributed by atoms with Crippen LogP contribution in [0.3, 0.4) is 0 Å². The van der Waals surface area contributed by atoms with Crippen molar-refractivity contribution >= 4 is 0 Å². The second-order valence-electron chi connectivity index (χ2n) is 5.59. The van der Waals surface area contributed by atoms with Gasteiger partial charge in [0.1, 0.15) is 5.75 Å². The van der Waals surface area contributed by atoms with E-state index in [4.69, 9.17) is 14.2 Å². The zero-order valence-corrected chi connectivity index (χ0v) is 13.6. The van der Waals surface area contributed by atoms with Crippen molar-refractivity contribution in [1.82, 2.24) is 5.32 Å². The molecule has 1 heterocycles. The molecule has 0 aliphatic carbocycles. The summed E-state index contributed by atoms with van der Waals surface area (Å²) in [6.45, 7) is 8.79. The summed E-state index contributed by atoms with van der Waals surface area (Å²) >= 11 is 0. The summed E-state index contributed by atoms with van der Waals surface area (Å²) in [6, 6.07) is 4.58. The van der Waals surface area contributed by atoms with Crippen LogP contribution in [0, 0.1) is 13.8 Å². The minimum absolute atomic E-state index is 0.0961. The highest BCUT2D eigenvalue weighted by atomic mass is 16.7. The summed E-state index contributed by atoms with van der Waals surface area (Å²) in [5.41, 5.74) is 3.71. The Labute approximate surface area is 127 Å². The second-order valence-corrected chi connectivity index (χ2v) is 5.59. The average molecular weight is 293 g/mol. The highest BCUT2D eigenvalue weighted by Crippen LogP contribution is 2.30. The Balaban J connectivity index is 2.20. The van der Waals surface area contributed by atoms with Gasteiger partial charge in [-0.15, -0.1) is 0 Å². The predicted octanol–water partition coefficient (Wildman–Crippen LogP) is 3.12. The number of nitrogens with one attached hydrogen (secondary N) is 1. The first kappa shape index (κ1) is 16.3. The van der Waals surface area contributed by atoms with Crippen molar-refractivity contribution in [3.63, 3.8) is 0 Å². The van der Waals surface area contributed by atoms with Gasteiger partial charge in [-0.1, -0.05) is 13.0 Å². The maximum Gasteiger partial charge on any atom is 0.159 e. The molecule has 2 rings (SSSR count). The van der Waals surface area contributed by atoms with E-state index < -0.39 is 0 Å². The van der Waals surface area contributed by atoms with Gasteiger partial charge in [-0.05, 0) is 49.6 Å². The third-order valence-electron chi connectivity index (χ3n) is 3.92. The molecule has 0 aromatic heterocycles. The molecule has 1 aliphatic heterocycles. The Morgan fingerprint density at radius 3 is 2.57 bits per heavy atom. The maximum atomic E-state index is 5.61. The number of hydrogen-bond donors (Lipinski definition) is 1. The Morgan fingerprint density at radius 1 is 1.24 bits per heavy atom. The van der Waals surface area contributed by atoms with Crippen LogP contribution >= 0.6 is 0 Å². The second kappa shape index (κ2) is 7.78. The van der Waals surface area contributed by atoms with E-state index in [0.717, 1.165) is 30.7 Å². The molecule has 1 saturated heterocycles. The highest BCUT2D eigenvalue weighted by Gasteiger charge is 2.23. The van der Waals surface area contributed by atoms with Crippen molar-refractivity contribution < 1.29 is 14.2 Å². The van der Waals surface area contributed by atoms with Gasteiger partial charge in [-0.2, -0.15) is 0 Å². The van der Waals surface area contributed by atoms with Crippen LogP contribution in [0.2, 0.25) is 0 Å². The molecule has 0 saturated carbocycles. The Bertz CT molecular complexity index is 456. The van der Waals surface area contributed by atoms with Crippen LogP contribution in [-0.2, 0) is 9.47 Å². The molecule has 0 spiro atoms. The minimum atomic E-state index is -0.0961. The number of hydrogen-bond acceptors (Lipinski definition) is 4. The van der Waals surface area contributed by atoms with Crippen molar-refractivity contribution in [3.05, 3.63) is 28.8 Å². The number of methoxy groups -OCH3 is 1. The Morgan fingerprint density at radius 2 is 1.95 bits per heavy atom. The highest BCUT2D eigenvalue weighted by molar-refractivity contribution is 5.42. The van der Waals surface area contributed by atoms with Gasteiger partial charge in [-0.25, -0.2) is 0 Å². The Kier molecular flexibility index (Phi) is 6.03. The molecular weight excluding hydrogens is 266 g/mol. The zero-order chi connectivity index (χ0) is 15.2. The van der Waals surface area contributed by atoms with Crippen LogP contribution in [0.15, 0.2) is 12.1 Å². The molecule has 0 radical (unpaired) electrons. The van der Waals surface area contributed by atoms with E-state index in [0.29, 0.717) is 13.2 Å². The molecule has 1 fully saturated rings. The smallest absolute Gasteiger partial charge is 0.159 e. The van der Waals surface area contributed by atoms with Gasteiger partial charge in [0.25, 0.3) is 0 Å². The largest absolute Gasteiger partial charge is 0.496 e. The lowest BCUT2D eigenvalue weighted by Crippen LogP contribution is -2.27.